The van der Waals surface area contributed by atoms with E-state index in [1.807, 2.05) is 6.07 Å². The highest BCUT2D eigenvalue weighted by atomic mass is 79.9. The first-order valence-electron chi connectivity index (χ1n) is 5.66. The lowest BCUT2D eigenvalue weighted by Crippen LogP contribution is -2.20. The van der Waals surface area contributed by atoms with Crippen LogP contribution in [-0.2, 0) is 20.5 Å². The van der Waals surface area contributed by atoms with Crippen LogP contribution in [0, 0.1) is 0 Å². The van der Waals surface area contributed by atoms with Gasteiger partial charge in [0.1, 0.15) is 0 Å². The van der Waals surface area contributed by atoms with E-state index in [1.54, 1.807) is 6.07 Å². The van der Waals surface area contributed by atoms with Crippen LogP contribution in [0.4, 0.5) is 0 Å². The standard InChI is InChI=1S/C12H11Br2NO4/c13-18-5-3-7-1-2-9-10(8(7)4-6-19-14)12(17)15-11(9)16/h1-2H,3-6H2,(H,15,16,17). The van der Waals surface area contributed by atoms with Crippen molar-refractivity contribution in [3.63, 3.8) is 0 Å². The molecule has 2 rings (SSSR count). The summed E-state index contributed by atoms with van der Waals surface area (Å²) in [7, 11) is 0. The Kier molecular flexibility index (Phi) is 5.09. The van der Waals surface area contributed by atoms with Gasteiger partial charge >= 0.3 is 0 Å². The van der Waals surface area contributed by atoms with E-state index in [0.29, 0.717) is 37.2 Å². The van der Waals surface area contributed by atoms with Crippen molar-refractivity contribution in [3.8, 4) is 0 Å². The number of hydrogen-bond acceptors (Lipinski definition) is 4. The molecule has 0 atom stereocenters. The predicted molar refractivity (Wildman–Crippen MR) is 75.4 cm³/mol. The van der Waals surface area contributed by atoms with E-state index in [-0.39, 0.29) is 11.8 Å². The number of benzene rings is 1. The fraction of sp³-hybridized carbons (Fsp3) is 0.333. The Morgan fingerprint density at radius 3 is 2.37 bits per heavy atom. The van der Waals surface area contributed by atoms with Gasteiger partial charge < -0.3 is 7.66 Å². The summed E-state index contributed by atoms with van der Waals surface area (Å²) in [5.41, 5.74) is 2.71. The Balaban J connectivity index is 2.43. The van der Waals surface area contributed by atoms with E-state index >= 15 is 0 Å². The van der Waals surface area contributed by atoms with Crippen molar-refractivity contribution in [2.75, 3.05) is 13.2 Å². The lowest BCUT2D eigenvalue weighted by Gasteiger charge is -2.11. The van der Waals surface area contributed by atoms with Crippen molar-refractivity contribution in [3.05, 3.63) is 34.4 Å². The van der Waals surface area contributed by atoms with E-state index in [2.05, 4.69) is 37.8 Å². The van der Waals surface area contributed by atoms with Crippen molar-refractivity contribution in [1.82, 2.24) is 5.32 Å². The van der Waals surface area contributed by atoms with E-state index in [0.717, 1.165) is 11.1 Å². The van der Waals surface area contributed by atoms with Crippen LogP contribution < -0.4 is 5.32 Å². The van der Waals surface area contributed by atoms with Gasteiger partial charge in [0.25, 0.3) is 11.8 Å². The molecule has 19 heavy (non-hydrogen) atoms. The third kappa shape index (κ3) is 3.05. The van der Waals surface area contributed by atoms with Crippen molar-refractivity contribution >= 4 is 44.3 Å². The second kappa shape index (κ2) is 6.60. The fourth-order valence-electron chi connectivity index (χ4n) is 2.18. The van der Waals surface area contributed by atoms with Crippen LogP contribution in [-0.4, -0.2) is 25.0 Å². The van der Waals surface area contributed by atoms with Gasteiger partial charge in [-0.05, 0) is 30.0 Å². The van der Waals surface area contributed by atoms with Gasteiger partial charge in [-0.15, -0.1) is 0 Å². The maximum absolute atomic E-state index is 11.9. The van der Waals surface area contributed by atoms with Crippen LogP contribution in [0.3, 0.4) is 0 Å². The molecule has 2 amide bonds. The molecular weight excluding hydrogens is 382 g/mol. The van der Waals surface area contributed by atoms with Gasteiger partial charge in [0.15, 0.2) is 0 Å². The highest BCUT2D eigenvalue weighted by molar-refractivity contribution is 9.06. The molecule has 0 bridgehead atoms. The SMILES string of the molecule is O=C1NC(=O)c2c1ccc(CCOBr)c2CCOBr. The van der Waals surface area contributed by atoms with Gasteiger partial charge in [0, 0.05) is 0 Å². The summed E-state index contributed by atoms with van der Waals surface area (Å²) < 4.78 is 9.76. The zero-order valence-electron chi connectivity index (χ0n) is 9.87. The average molecular weight is 393 g/mol. The second-order valence-corrected chi connectivity index (χ2v) is 4.95. The first-order valence-corrected chi connectivity index (χ1v) is 6.96. The third-order valence-corrected chi connectivity index (χ3v) is 3.63. The van der Waals surface area contributed by atoms with Crippen molar-refractivity contribution in [2.24, 2.45) is 0 Å². The van der Waals surface area contributed by atoms with Crippen LogP contribution in [0.1, 0.15) is 31.8 Å². The average Bonchev–Trinajstić information content (AvgIpc) is 2.69. The van der Waals surface area contributed by atoms with Crippen LogP contribution in [0.5, 0.6) is 0 Å². The summed E-state index contributed by atoms with van der Waals surface area (Å²) in [5.74, 6) is -0.685. The molecule has 1 aliphatic heterocycles. The Labute approximate surface area is 127 Å². The number of carbonyl (C=O) groups is 2. The van der Waals surface area contributed by atoms with Crippen molar-refractivity contribution < 1.29 is 17.2 Å². The van der Waals surface area contributed by atoms with Gasteiger partial charge in [0.05, 0.1) is 56.9 Å². The van der Waals surface area contributed by atoms with Crippen molar-refractivity contribution in [1.29, 1.82) is 0 Å². The van der Waals surface area contributed by atoms with E-state index < -0.39 is 0 Å². The number of hydrogen-bond donors (Lipinski definition) is 1. The van der Waals surface area contributed by atoms with E-state index in [1.165, 1.54) is 0 Å². The first kappa shape index (κ1) is 14.6. The zero-order valence-corrected chi connectivity index (χ0v) is 13.0. The van der Waals surface area contributed by atoms with Crippen LogP contribution in [0.15, 0.2) is 12.1 Å². The van der Waals surface area contributed by atoms with Crippen LogP contribution in [0.25, 0.3) is 0 Å². The number of halogens is 2. The Morgan fingerprint density at radius 1 is 1.00 bits per heavy atom. The normalized spacial score (nSPS) is 13.6. The number of fused-ring (bicyclic) bond motifs is 1. The summed E-state index contributed by atoms with van der Waals surface area (Å²) in [6, 6.07) is 3.53. The third-order valence-electron chi connectivity index (χ3n) is 2.99. The molecule has 0 saturated carbocycles. The van der Waals surface area contributed by atoms with E-state index in [4.69, 9.17) is 7.66 Å². The summed E-state index contributed by atoms with van der Waals surface area (Å²) in [6.45, 7) is 0.899. The van der Waals surface area contributed by atoms with E-state index in [9.17, 15) is 9.59 Å². The monoisotopic (exact) mass is 391 g/mol. The molecular formula is C12H11Br2NO4. The summed E-state index contributed by atoms with van der Waals surface area (Å²) in [6.07, 6.45) is 1.20. The number of rotatable bonds is 6. The van der Waals surface area contributed by atoms with Crippen LogP contribution >= 0.6 is 32.5 Å². The number of imide groups is 1. The predicted octanol–water partition coefficient (Wildman–Crippen LogP) is 2.31. The van der Waals surface area contributed by atoms with Gasteiger partial charge in [0.2, 0.25) is 0 Å². The minimum atomic E-state index is -0.343. The quantitative estimate of drug-likeness (QED) is 0.754. The lowest BCUT2D eigenvalue weighted by molar-refractivity contribution is 0.0879. The Hall–Kier alpha value is -0.760. The second-order valence-electron chi connectivity index (χ2n) is 4.04. The smallest absolute Gasteiger partial charge is 0.259 e. The molecule has 1 aromatic carbocycles. The molecule has 1 aromatic rings. The molecule has 0 radical (unpaired) electrons. The van der Waals surface area contributed by atoms with Gasteiger partial charge in [-0.1, -0.05) is 6.07 Å². The van der Waals surface area contributed by atoms with Gasteiger partial charge in [-0.2, -0.15) is 0 Å². The molecule has 1 aliphatic rings. The molecule has 0 unspecified atom stereocenters. The molecule has 0 fully saturated rings. The molecule has 0 spiro atoms. The highest BCUT2D eigenvalue weighted by Gasteiger charge is 2.30. The number of nitrogens with one attached hydrogen (secondary N) is 1. The Bertz CT molecular complexity index is 519. The number of carbonyl (C=O) groups excluding carboxylic acids is 2. The number of amides is 2. The molecule has 7 heteroatoms. The molecule has 1 heterocycles. The molecule has 1 N–H and O–H groups in total. The summed E-state index contributed by atoms with van der Waals surface area (Å²) in [5, 5.41) is 2.31. The minimum Gasteiger partial charge on any atom is -0.308 e. The van der Waals surface area contributed by atoms with Crippen LogP contribution in [0.2, 0.25) is 0 Å². The molecule has 0 aromatic heterocycles. The van der Waals surface area contributed by atoms with Gasteiger partial charge in [-0.3, -0.25) is 14.9 Å². The zero-order chi connectivity index (χ0) is 13.8. The minimum absolute atomic E-state index is 0.341. The van der Waals surface area contributed by atoms with Crippen molar-refractivity contribution in [2.45, 2.75) is 12.8 Å². The molecule has 102 valence electrons. The molecule has 0 aliphatic carbocycles. The Morgan fingerprint density at radius 2 is 1.68 bits per heavy atom. The fourth-order valence-corrected chi connectivity index (χ4v) is 2.51. The molecule has 0 saturated heterocycles. The topological polar surface area (TPSA) is 64.6 Å². The maximum atomic E-state index is 11.9. The maximum Gasteiger partial charge on any atom is 0.259 e. The lowest BCUT2D eigenvalue weighted by atomic mass is 9.93. The summed E-state index contributed by atoms with van der Waals surface area (Å²) in [4.78, 5) is 23.5. The highest BCUT2D eigenvalue weighted by Crippen LogP contribution is 2.25. The molecule has 5 nitrogen and oxygen atoms in total. The largest absolute Gasteiger partial charge is 0.308 e. The van der Waals surface area contributed by atoms with Gasteiger partial charge in [-0.25, -0.2) is 0 Å². The summed E-state index contributed by atoms with van der Waals surface area (Å²) >= 11 is 5.79. The first-order chi connectivity index (χ1) is 9.19.